The van der Waals surface area contributed by atoms with E-state index in [1.165, 1.54) is 7.11 Å². The SMILES string of the molecule is COC(=O)CCCCCNC(=O)OC(C)(C)C.NC(=O)c1cccc(N)c1. The standard InChI is InChI=1S/C12H23NO4.C7H8N2O/c1-12(2,3)17-11(15)13-9-7-5-6-8-10(14)16-4;8-6-3-1-2-5(4-6)7(9)10/h5-9H2,1-4H3,(H,13,15);1-4H,8H2,(H2,9,10). The van der Waals surface area contributed by atoms with Gasteiger partial charge in [0.25, 0.3) is 0 Å². The summed E-state index contributed by atoms with van der Waals surface area (Å²) >= 11 is 0. The molecule has 2 amide bonds. The van der Waals surface area contributed by atoms with Crippen LogP contribution in [0.5, 0.6) is 0 Å². The lowest BCUT2D eigenvalue weighted by Gasteiger charge is -2.19. The highest BCUT2D eigenvalue weighted by Gasteiger charge is 2.15. The first-order chi connectivity index (χ1) is 12.5. The third-order valence-corrected chi connectivity index (χ3v) is 3.12. The number of benzene rings is 1. The molecule has 5 N–H and O–H groups in total. The van der Waals surface area contributed by atoms with Crippen LogP contribution in [0.15, 0.2) is 24.3 Å². The molecule has 0 bridgehead atoms. The molecule has 0 saturated carbocycles. The van der Waals surface area contributed by atoms with E-state index < -0.39 is 17.6 Å². The van der Waals surface area contributed by atoms with Gasteiger partial charge in [0.15, 0.2) is 0 Å². The van der Waals surface area contributed by atoms with Crippen molar-refractivity contribution in [3.8, 4) is 0 Å². The molecule has 1 aromatic rings. The molecule has 0 aliphatic heterocycles. The van der Waals surface area contributed by atoms with E-state index in [1.807, 2.05) is 20.8 Å². The van der Waals surface area contributed by atoms with Crippen LogP contribution in [0.4, 0.5) is 10.5 Å². The lowest BCUT2D eigenvalue weighted by atomic mass is 10.2. The van der Waals surface area contributed by atoms with Gasteiger partial charge >= 0.3 is 12.1 Å². The van der Waals surface area contributed by atoms with Gasteiger partial charge in [0.2, 0.25) is 5.91 Å². The van der Waals surface area contributed by atoms with E-state index in [-0.39, 0.29) is 5.97 Å². The second kappa shape index (κ2) is 12.6. The molecule has 0 radical (unpaired) electrons. The summed E-state index contributed by atoms with van der Waals surface area (Å²) in [5, 5.41) is 2.66. The fourth-order valence-corrected chi connectivity index (χ4v) is 1.87. The van der Waals surface area contributed by atoms with E-state index in [2.05, 4.69) is 10.1 Å². The topological polar surface area (TPSA) is 134 Å². The molecule has 0 atom stereocenters. The van der Waals surface area contributed by atoms with Gasteiger partial charge in [-0.05, 0) is 51.8 Å². The Kier molecular flexibility index (Phi) is 11.3. The molecule has 8 nitrogen and oxygen atoms in total. The van der Waals surface area contributed by atoms with E-state index in [0.717, 1.165) is 19.3 Å². The van der Waals surface area contributed by atoms with Crippen LogP contribution in [0, 0.1) is 0 Å². The van der Waals surface area contributed by atoms with Gasteiger partial charge < -0.3 is 26.3 Å². The summed E-state index contributed by atoms with van der Waals surface area (Å²) in [6.07, 6.45) is 2.53. The maximum Gasteiger partial charge on any atom is 0.407 e. The van der Waals surface area contributed by atoms with Crippen molar-refractivity contribution in [1.29, 1.82) is 0 Å². The Bertz CT molecular complexity index is 612. The molecular weight excluding hydrogens is 350 g/mol. The number of ether oxygens (including phenoxy) is 2. The van der Waals surface area contributed by atoms with Crippen molar-refractivity contribution < 1.29 is 23.9 Å². The van der Waals surface area contributed by atoms with Crippen molar-refractivity contribution in [1.82, 2.24) is 5.32 Å². The molecule has 0 unspecified atom stereocenters. The van der Waals surface area contributed by atoms with Crippen LogP contribution in [-0.2, 0) is 14.3 Å². The molecular formula is C19H31N3O5. The van der Waals surface area contributed by atoms with E-state index in [1.54, 1.807) is 24.3 Å². The summed E-state index contributed by atoms with van der Waals surface area (Å²) in [6, 6.07) is 6.56. The van der Waals surface area contributed by atoms with Gasteiger partial charge in [0.05, 0.1) is 7.11 Å². The number of amides is 2. The zero-order chi connectivity index (χ0) is 20.9. The number of primary amides is 1. The molecule has 0 aromatic heterocycles. The number of unbranched alkanes of at least 4 members (excludes halogenated alkanes) is 2. The smallest absolute Gasteiger partial charge is 0.407 e. The van der Waals surface area contributed by atoms with Gasteiger partial charge in [-0.15, -0.1) is 0 Å². The van der Waals surface area contributed by atoms with Gasteiger partial charge in [-0.25, -0.2) is 4.79 Å². The van der Waals surface area contributed by atoms with Crippen molar-refractivity contribution in [2.24, 2.45) is 5.73 Å². The molecule has 0 saturated heterocycles. The average molecular weight is 381 g/mol. The molecule has 152 valence electrons. The lowest BCUT2D eigenvalue weighted by Crippen LogP contribution is -2.32. The van der Waals surface area contributed by atoms with E-state index in [0.29, 0.717) is 24.2 Å². The third kappa shape index (κ3) is 14.1. The Morgan fingerprint density at radius 2 is 1.78 bits per heavy atom. The first-order valence-corrected chi connectivity index (χ1v) is 8.74. The number of anilines is 1. The number of esters is 1. The van der Waals surface area contributed by atoms with Crippen LogP contribution in [0.25, 0.3) is 0 Å². The Morgan fingerprint density at radius 3 is 2.26 bits per heavy atom. The van der Waals surface area contributed by atoms with Gasteiger partial charge in [0.1, 0.15) is 5.60 Å². The second-order valence-electron chi connectivity index (χ2n) is 6.81. The molecule has 1 aromatic carbocycles. The number of rotatable bonds is 7. The summed E-state index contributed by atoms with van der Waals surface area (Å²) < 4.78 is 9.60. The largest absolute Gasteiger partial charge is 0.469 e. The van der Waals surface area contributed by atoms with Crippen molar-refractivity contribution in [2.75, 3.05) is 19.4 Å². The Hall–Kier alpha value is -2.77. The van der Waals surface area contributed by atoms with Crippen molar-refractivity contribution in [3.05, 3.63) is 29.8 Å². The number of hydrogen-bond donors (Lipinski definition) is 3. The molecule has 0 spiro atoms. The zero-order valence-electron chi connectivity index (χ0n) is 16.5. The van der Waals surface area contributed by atoms with Crippen LogP contribution >= 0.6 is 0 Å². The van der Waals surface area contributed by atoms with E-state index >= 15 is 0 Å². The number of nitrogens with one attached hydrogen (secondary N) is 1. The summed E-state index contributed by atoms with van der Waals surface area (Å²) in [6.45, 7) is 6.03. The number of hydrogen-bond acceptors (Lipinski definition) is 6. The monoisotopic (exact) mass is 381 g/mol. The number of alkyl carbamates (subject to hydrolysis) is 1. The van der Waals surface area contributed by atoms with Crippen LogP contribution in [0.3, 0.4) is 0 Å². The summed E-state index contributed by atoms with van der Waals surface area (Å²) in [5.41, 5.74) is 10.9. The van der Waals surface area contributed by atoms with Gasteiger partial charge in [-0.2, -0.15) is 0 Å². The first-order valence-electron chi connectivity index (χ1n) is 8.74. The molecule has 0 aliphatic carbocycles. The predicted octanol–water partition coefficient (Wildman–Crippen LogP) is 2.61. The first kappa shape index (κ1) is 24.2. The average Bonchev–Trinajstić information content (AvgIpc) is 2.56. The molecule has 0 heterocycles. The van der Waals surface area contributed by atoms with Gasteiger partial charge in [-0.1, -0.05) is 12.5 Å². The van der Waals surface area contributed by atoms with Crippen LogP contribution in [0.1, 0.15) is 56.8 Å². The summed E-state index contributed by atoms with van der Waals surface area (Å²) in [5.74, 6) is -0.641. The van der Waals surface area contributed by atoms with E-state index in [9.17, 15) is 14.4 Å². The number of carbonyl (C=O) groups is 3. The van der Waals surface area contributed by atoms with Crippen molar-refractivity contribution >= 4 is 23.7 Å². The van der Waals surface area contributed by atoms with Crippen LogP contribution in [-0.4, -0.2) is 37.2 Å². The van der Waals surface area contributed by atoms with Crippen molar-refractivity contribution in [3.63, 3.8) is 0 Å². The fraction of sp³-hybridized carbons (Fsp3) is 0.526. The highest BCUT2D eigenvalue weighted by atomic mass is 16.6. The van der Waals surface area contributed by atoms with Crippen molar-refractivity contribution in [2.45, 2.75) is 52.1 Å². The second-order valence-corrected chi connectivity index (χ2v) is 6.81. The minimum atomic E-state index is -0.463. The zero-order valence-corrected chi connectivity index (χ0v) is 16.5. The molecule has 0 fully saturated rings. The molecule has 0 aliphatic rings. The lowest BCUT2D eigenvalue weighted by molar-refractivity contribution is -0.140. The number of methoxy groups -OCH3 is 1. The van der Waals surface area contributed by atoms with Crippen LogP contribution in [0.2, 0.25) is 0 Å². The minimum absolute atomic E-state index is 0.190. The quantitative estimate of drug-likeness (QED) is 0.378. The Labute approximate surface area is 160 Å². The van der Waals surface area contributed by atoms with Gasteiger partial charge in [-0.3, -0.25) is 9.59 Å². The highest BCUT2D eigenvalue weighted by Crippen LogP contribution is 2.07. The maximum atomic E-state index is 11.2. The third-order valence-electron chi connectivity index (χ3n) is 3.12. The number of carbonyl (C=O) groups excluding carboxylic acids is 3. The van der Waals surface area contributed by atoms with Crippen LogP contribution < -0.4 is 16.8 Å². The molecule has 27 heavy (non-hydrogen) atoms. The Morgan fingerprint density at radius 1 is 1.11 bits per heavy atom. The number of nitrogens with two attached hydrogens (primary N) is 2. The normalized spacial score (nSPS) is 10.2. The van der Waals surface area contributed by atoms with E-state index in [4.69, 9.17) is 16.2 Å². The molecule has 1 rings (SSSR count). The Balaban J connectivity index is 0.000000569. The maximum absolute atomic E-state index is 11.2. The minimum Gasteiger partial charge on any atom is -0.469 e. The predicted molar refractivity (Wildman–Crippen MR) is 104 cm³/mol. The highest BCUT2D eigenvalue weighted by molar-refractivity contribution is 5.93. The van der Waals surface area contributed by atoms with Gasteiger partial charge in [0, 0.05) is 24.2 Å². The number of nitrogen functional groups attached to an aromatic ring is 1. The fourth-order valence-electron chi connectivity index (χ4n) is 1.87. The molecule has 8 heteroatoms. The summed E-state index contributed by atoms with van der Waals surface area (Å²) in [7, 11) is 1.38. The summed E-state index contributed by atoms with van der Waals surface area (Å²) in [4.78, 5) is 32.6.